The molecule has 0 bridgehead atoms. The van der Waals surface area contributed by atoms with Gasteiger partial charge in [-0.25, -0.2) is 8.42 Å². The number of sulfonamides is 1. The van der Waals surface area contributed by atoms with E-state index in [0.29, 0.717) is 11.5 Å². The Morgan fingerprint density at radius 1 is 1.26 bits per heavy atom. The van der Waals surface area contributed by atoms with Crippen LogP contribution in [0.2, 0.25) is 0 Å². The quantitative estimate of drug-likeness (QED) is 0.809. The number of amides is 1. The van der Waals surface area contributed by atoms with Crippen LogP contribution in [-0.4, -0.2) is 47.4 Å². The molecular formula is C15H22N2O5S. The number of benzene rings is 1. The van der Waals surface area contributed by atoms with E-state index in [-0.39, 0.29) is 29.0 Å². The van der Waals surface area contributed by atoms with Crippen molar-refractivity contribution in [1.29, 1.82) is 0 Å². The highest BCUT2D eigenvalue weighted by atomic mass is 32.2. The highest BCUT2D eigenvalue weighted by molar-refractivity contribution is 7.92. The van der Waals surface area contributed by atoms with Crippen LogP contribution in [-0.2, 0) is 10.0 Å². The van der Waals surface area contributed by atoms with Crippen LogP contribution in [0.25, 0.3) is 0 Å². The number of hydrogen-bond donors (Lipinski definition) is 1. The Hall–Kier alpha value is -1.96. The van der Waals surface area contributed by atoms with E-state index in [2.05, 4.69) is 5.32 Å². The van der Waals surface area contributed by atoms with Crippen molar-refractivity contribution in [2.45, 2.75) is 25.8 Å². The van der Waals surface area contributed by atoms with Gasteiger partial charge in [-0.05, 0) is 25.8 Å². The van der Waals surface area contributed by atoms with Gasteiger partial charge in [0.2, 0.25) is 10.0 Å². The van der Waals surface area contributed by atoms with Gasteiger partial charge in [-0.3, -0.25) is 9.10 Å². The number of nitrogens with zero attached hydrogens (tertiary/aromatic N) is 1. The fourth-order valence-corrected chi connectivity index (χ4v) is 2.98. The summed E-state index contributed by atoms with van der Waals surface area (Å²) in [5, 5.41) is 2.87. The van der Waals surface area contributed by atoms with Crippen LogP contribution in [0.3, 0.4) is 0 Å². The molecule has 1 aliphatic carbocycles. The summed E-state index contributed by atoms with van der Waals surface area (Å²) in [6.45, 7) is 1.55. The van der Waals surface area contributed by atoms with E-state index in [0.717, 1.165) is 17.1 Å². The fourth-order valence-electron chi connectivity index (χ4n) is 2.14. The Kier molecular flexibility index (Phi) is 5.03. The van der Waals surface area contributed by atoms with Gasteiger partial charge in [-0.1, -0.05) is 0 Å². The maximum Gasteiger partial charge on any atom is 0.253 e. The molecule has 0 heterocycles. The van der Waals surface area contributed by atoms with E-state index in [4.69, 9.17) is 9.47 Å². The van der Waals surface area contributed by atoms with Crippen molar-refractivity contribution in [3.8, 4) is 11.5 Å². The number of nitrogens with one attached hydrogen (secondary N) is 1. The SMILES string of the molecule is CCS(=O)(=O)N(C)c1cc(OC)c(OC)cc1C(=O)NC1CC1. The average molecular weight is 342 g/mol. The minimum absolute atomic E-state index is 0.0679. The Bertz CT molecular complexity index is 698. The second-order valence-corrected chi connectivity index (χ2v) is 7.63. The third kappa shape index (κ3) is 3.69. The first-order valence-electron chi connectivity index (χ1n) is 7.37. The molecule has 8 heteroatoms. The van der Waals surface area contributed by atoms with E-state index in [9.17, 15) is 13.2 Å². The molecule has 1 amide bonds. The first-order valence-corrected chi connectivity index (χ1v) is 8.98. The molecule has 0 aromatic heterocycles. The lowest BCUT2D eigenvalue weighted by atomic mass is 10.1. The van der Waals surface area contributed by atoms with Gasteiger partial charge in [0, 0.05) is 19.2 Å². The molecule has 1 saturated carbocycles. The molecular weight excluding hydrogens is 320 g/mol. The van der Waals surface area contributed by atoms with Crippen LogP contribution in [0, 0.1) is 0 Å². The number of rotatable bonds is 7. The molecule has 2 rings (SSSR count). The number of carbonyl (C=O) groups excluding carboxylic acids is 1. The number of methoxy groups -OCH3 is 2. The summed E-state index contributed by atoms with van der Waals surface area (Å²) in [6, 6.07) is 3.18. The van der Waals surface area contributed by atoms with Crippen LogP contribution in [0.15, 0.2) is 12.1 Å². The minimum atomic E-state index is -3.51. The Morgan fingerprint density at radius 2 is 1.83 bits per heavy atom. The molecule has 1 N–H and O–H groups in total. The van der Waals surface area contributed by atoms with Crippen LogP contribution in [0.1, 0.15) is 30.1 Å². The summed E-state index contributed by atoms with van der Waals surface area (Å²) in [6.07, 6.45) is 1.88. The second-order valence-electron chi connectivity index (χ2n) is 5.34. The van der Waals surface area contributed by atoms with Gasteiger partial charge in [0.1, 0.15) is 0 Å². The number of carbonyl (C=O) groups is 1. The molecule has 23 heavy (non-hydrogen) atoms. The summed E-state index contributed by atoms with van der Waals surface area (Å²) in [7, 11) is 0.840. The largest absolute Gasteiger partial charge is 0.493 e. The van der Waals surface area contributed by atoms with Gasteiger partial charge in [-0.2, -0.15) is 0 Å². The van der Waals surface area contributed by atoms with Gasteiger partial charge in [0.25, 0.3) is 5.91 Å². The van der Waals surface area contributed by atoms with Crippen molar-refractivity contribution >= 4 is 21.6 Å². The summed E-state index contributed by atoms with van der Waals surface area (Å²) < 4.78 is 35.9. The van der Waals surface area contributed by atoms with E-state index in [1.54, 1.807) is 6.92 Å². The Balaban J connectivity index is 2.53. The third-order valence-electron chi connectivity index (χ3n) is 3.78. The normalized spacial score (nSPS) is 14.3. The molecule has 0 saturated heterocycles. The topological polar surface area (TPSA) is 84.9 Å². The maximum atomic E-state index is 12.5. The average Bonchev–Trinajstić information content (AvgIpc) is 3.36. The van der Waals surface area contributed by atoms with Crippen molar-refractivity contribution in [3.05, 3.63) is 17.7 Å². The summed E-state index contributed by atoms with van der Waals surface area (Å²) >= 11 is 0. The van der Waals surface area contributed by atoms with Crippen molar-refractivity contribution in [2.75, 3.05) is 31.3 Å². The van der Waals surface area contributed by atoms with Crippen LogP contribution >= 0.6 is 0 Å². The molecule has 1 aromatic carbocycles. The summed E-state index contributed by atoms with van der Waals surface area (Å²) in [5.74, 6) is 0.353. The lowest BCUT2D eigenvalue weighted by molar-refractivity contribution is 0.0951. The Labute approximate surface area is 136 Å². The molecule has 7 nitrogen and oxygen atoms in total. The molecule has 0 atom stereocenters. The maximum absolute atomic E-state index is 12.5. The molecule has 0 aliphatic heterocycles. The zero-order valence-corrected chi connectivity index (χ0v) is 14.6. The van der Waals surface area contributed by atoms with Crippen LogP contribution in [0.5, 0.6) is 11.5 Å². The minimum Gasteiger partial charge on any atom is -0.493 e. The third-order valence-corrected chi connectivity index (χ3v) is 5.54. The lowest BCUT2D eigenvalue weighted by Crippen LogP contribution is -2.32. The molecule has 1 fully saturated rings. The lowest BCUT2D eigenvalue weighted by Gasteiger charge is -2.23. The van der Waals surface area contributed by atoms with E-state index in [1.165, 1.54) is 33.4 Å². The predicted octanol–water partition coefficient (Wildman–Crippen LogP) is 1.38. The number of ether oxygens (including phenoxy) is 2. The number of hydrogen-bond acceptors (Lipinski definition) is 5. The van der Waals surface area contributed by atoms with E-state index >= 15 is 0 Å². The van der Waals surface area contributed by atoms with Gasteiger partial charge in [0.15, 0.2) is 11.5 Å². The predicted molar refractivity (Wildman–Crippen MR) is 87.9 cm³/mol. The molecule has 0 unspecified atom stereocenters. The Morgan fingerprint density at radius 3 is 2.30 bits per heavy atom. The van der Waals surface area contributed by atoms with Crippen molar-refractivity contribution in [1.82, 2.24) is 5.32 Å². The first-order chi connectivity index (χ1) is 10.8. The zero-order valence-electron chi connectivity index (χ0n) is 13.8. The van der Waals surface area contributed by atoms with Crippen molar-refractivity contribution in [2.24, 2.45) is 0 Å². The van der Waals surface area contributed by atoms with Gasteiger partial charge in [0.05, 0.1) is 31.2 Å². The first kappa shape index (κ1) is 17.4. The van der Waals surface area contributed by atoms with Gasteiger partial charge < -0.3 is 14.8 Å². The standard InChI is InChI=1S/C15H22N2O5S/c1-5-23(19,20)17(2)12-9-14(22-4)13(21-3)8-11(12)15(18)16-10-6-7-10/h8-10H,5-7H2,1-4H3,(H,16,18). The fraction of sp³-hybridized carbons (Fsp3) is 0.533. The highest BCUT2D eigenvalue weighted by Crippen LogP contribution is 2.36. The molecule has 0 radical (unpaired) electrons. The second kappa shape index (κ2) is 6.66. The monoisotopic (exact) mass is 342 g/mol. The summed E-state index contributed by atoms with van der Waals surface area (Å²) in [5.41, 5.74) is 0.511. The summed E-state index contributed by atoms with van der Waals surface area (Å²) in [4.78, 5) is 12.5. The van der Waals surface area contributed by atoms with Crippen molar-refractivity contribution in [3.63, 3.8) is 0 Å². The molecule has 128 valence electrons. The van der Waals surface area contributed by atoms with E-state index in [1.807, 2.05) is 0 Å². The van der Waals surface area contributed by atoms with Crippen LogP contribution < -0.4 is 19.1 Å². The smallest absolute Gasteiger partial charge is 0.253 e. The van der Waals surface area contributed by atoms with Crippen molar-refractivity contribution < 1.29 is 22.7 Å². The molecule has 0 spiro atoms. The van der Waals surface area contributed by atoms with Gasteiger partial charge >= 0.3 is 0 Å². The van der Waals surface area contributed by atoms with Crippen LogP contribution in [0.4, 0.5) is 5.69 Å². The molecule has 1 aromatic rings. The highest BCUT2D eigenvalue weighted by Gasteiger charge is 2.28. The van der Waals surface area contributed by atoms with E-state index < -0.39 is 10.0 Å². The zero-order chi connectivity index (χ0) is 17.2. The number of anilines is 1. The van der Waals surface area contributed by atoms with Gasteiger partial charge in [-0.15, -0.1) is 0 Å². The molecule has 1 aliphatic rings.